The fraction of sp³-hybridized carbons (Fsp3) is 0.545. The maximum Gasteiger partial charge on any atom is 0.216 e. The average molecular weight is 280 g/mol. The monoisotopic (exact) mass is 279 g/mol. The molecule has 98 valence electrons. The van der Waals surface area contributed by atoms with Crippen molar-refractivity contribution in [2.45, 2.75) is 19.3 Å². The minimum atomic E-state index is 0. The van der Waals surface area contributed by atoms with Crippen molar-refractivity contribution >= 4 is 36.3 Å². The van der Waals surface area contributed by atoms with Crippen LogP contribution < -0.4 is 15.4 Å². The molecule has 0 atom stereocenters. The van der Waals surface area contributed by atoms with Gasteiger partial charge in [-0.2, -0.15) is 4.98 Å². The molecule has 1 aromatic heterocycles. The van der Waals surface area contributed by atoms with Crippen molar-refractivity contribution in [2.75, 3.05) is 30.8 Å². The summed E-state index contributed by atoms with van der Waals surface area (Å²) in [6.07, 6.45) is 3.79. The summed E-state index contributed by atoms with van der Waals surface area (Å²) in [6, 6.07) is 3.65. The molecule has 0 bridgehead atoms. The fourth-order valence-electron chi connectivity index (χ4n) is 1.90. The molecule has 0 amide bonds. The lowest BCUT2D eigenvalue weighted by atomic mass is 10.1. The number of ether oxygens (including phenoxy) is 1. The maximum atomic E-state index is 5.79. The van der Waals surface area contributed by atoms with Gasteiger partial charge in [-0.1, -0.05) is 0 Å². The van der Waals surface area contributed by atoms with E-state index in [2.05, 4.69) is 9.88 Å². The molecule has 2 heterocycles. The van der Waals surface area contributed by atoms with Gasteiger partial charge in [0.2, 0.25) is 5.88 Å². The van der Waals surface area contributed by atoms with Crippen LogP contribution >= 0.6 is 24.8 Å². The number of piperidine rings is 1. The highest BCUT2D eigenvalue weighted by molar-refractivity contribution is 5.85. The van der Waals surface area contributed by atoms with E-state index in [-0.39, 0.29) is 24.8 Å². The summed E-state index contributed by atoms with van der Waals surface area (Å²) in [7, 11) is 1.61. The Bertz CT molecular complexity index is 343. The van der Waals surface area contributed by atoms with Gasteiger partial charge in [-0.15, -0.1) is 24.8 Å². The second-order valence-corrected chi connectivity index (χ2v) is 3.85. The van der Waals surface area contributed by atoms with Crippen LogP contribution in [0.5, 0.6) is 5.88 Å². The first-order valence-electron chi connectivity index (χ1n) is 5.36. The van der Waals surface area contributed by atoms with E-state index in [1.807, 2.05) is 6.07 Å². The molecule has 17 heavy (non-hydrogen) atoms. The highest BCUT2D eigenvalue weighted by atomic mass is 35.5. The molecule has 0 aliphatic carbocycles. The van der Waals surface area contributed by atoms with Crippen LogP contribution in [0, 0.1) is 0 Å². The summed E-state index contributed by atoms with van der Waals surface area (Å²) >= 11 is 0. The van der Waals surface area contributed by atoms with Crippen molar-refractivity contribution in [3.05, 3.63) is 12.1 Å². The molecular weight excluding hydrogens is 261 g/mol. The summed E-state index contributed by atoms with van der Waals surface area (Å²) in [5.41, 5.74) is 6.51. The molecule has 1 saturated heterocycles. The topological polar surface area (TPSA) is 51.4 Å². The van der Waals surface area contributed by atoms with Gasteiger partial charge in [0.25, 0.3) is 0 Å². The number of nitrogen functional groups attached to an aromatic ring is 1. The van der Waals surface area contributed by atoms with E-state index in [9.17, 15) is 0 Å². The van der Waals surface area contributed by atoms with Crippen LogP contribution in [0.1, 0.15) is 19.3 Å². The van der Waals surface area contributed by atoms with Crippen molar-refractivity contribution in [3.63, 3.8) is 0 Å². The van der Waals surface area contributed by atoms with Gasteiger partial charge in [0, 0.05) is 30.9 Å². The van der Waals surface area contributed by atoms with Gasteiger partial charge in [0.1, 0.15) is 5.82 Å². The molecule has 2 rings (SSSR count). The second kappa shape index (κ2) is 7.45. The number of rotatable bonds is 2. The van der Waals surface area contributed by atoms with Crippen LogP contribution in [0.2, 0.25) is 0 Å². The summed E-state index contributed by atoms with van der Waals surface area (Å²) in [5.74, 6) is 1.53. The molecule has 1 aliphatic heterocycles. The summed E-state index contributed by atoms with van der Waals surface area (Å²) in [6.45, 7) is 2.14. The summed E-state index contributed by atoms with van der Waals surface area (Å²) < 4.78 is 5.11. The van der Waals surface area contributed by atoms with Crippen LogP contribution in [0.25, 0.3) is 0 Å². The first kappa shape index (κ1) is 16.1. The molecular formula is C11H19Cl2N3O. The second-order valence-electron chi connectivity index (χ2n) is 3.85. The zero-order valence-corrected chi connectivity index (χ0v) is 11.5. The Morgan fingerprint density at radius 1 is 1.18 bits per heavy atom. The predicted molar refractivity (Wildman–Crippen MR) is 75.8 cm³/mol. The third-order valence-corrected chi connectivity index (χ3v) is 2.70. The van der Waals surface area contributed by atoms with Crippen molar-refractivity contribution in [3.8, 4) is 5.88 Å². The number of pyridine rings is 1. The Balaban J connectivity index is 0.00000128. The number of hydrogen-bond donors (Lipinski definition) is 1. The average Bonchev–Trinajstić information content (AvgIpc) is 2.29. The lowest BCUT2D eigenvalue weighted by Gasteiger charge is -2.28. The van der Waals surface area contributed by atoms with Crippen LogP contribution in [0.3, 0.4) is 0 Å². The van der Waals surface area contributed by atoms with Gasteiger partial charge in [0.05, 0.1) is 7.11 Å². The molecule has 4 nitrogen and oxygen atoms in total. The molecule has 1 fully saturated rings. The molecule has 0 aromatic carbocycles. The molecule has 0 spiro atoms. The largest absolute Gasteiger partial charge is 0.481 e. The smallest absolute Gasteiger partial charge is 0.216 e. The van der Waals surface area contributed by atoms with E-state index in [0.29, 0.717) is 11.6 Å². The quantitative estimate of drug-likeness (QED) is 0.904. The third kappa shape index (κ3) is 4.13. The van der Waals surface area contributed by atoms with Gasteiger partial charge >= 0.3 is 0 Å². The van der Waals surface area contributed by atoms with E-state index < -0.39 is 0 Å². The fourth-order valence-corrected chi connectivity index (χ4v) is 1.90. The molecule has 0 unspecified atom stereocenters. The Labute approximate surface area is 114 Å². The van der Waals surface area contributed by atoms with Gasteiger partial charge in [-0.05, 0) is 19.3 Å². The predicted octanol–water partition coefficient (Wildman–Crippen LogP) is 2.51. The normalized spacial score (nSPS) is 14.5. The van der Waals surface area contributed by atoms with Crippen molar-refractivity contribution in [1.82, 2.24) is 4.98 Å². The van der Waals surface area contributed by atoms with Crippen LogP contribution in [-0.2, 0) is 0 Å². The number of hydrogen-bond acceptors (Lipinski definition) is 4. The zero-order chi connectivity index (χ0) is 10.7. The Morgan fingerprint density at radius 2 is 1.82 bits per heavy atom. The van der Waals surface area contributed by atoms with E-state index in [1.54, 1.807) is 13.2 Å². The summed E-state index contributed by atoms with van der Waals surface area (Å²) in [5, 5.41) is 0. The Morgan fingerprint density at radius 3 is 2.41 bits per heavy atom. The number of aromatic nitrogens is 1. The van der Waals surface area contributed by atoms with Crippen LogP contribution in [0.15, 0.2) is 12.1 Å². The van der Waals surface area contributed by atoms with Crippen LogP contribution in [0.4, 0.5) is 11.5 Å². The van der Waals surface area contributed by atoms with E-state index in [0.717, 1.165) is 18.9 Å². The Kier molecular flexibility index (Phi) is 7.07. The number of anilines is 2. The van der Waals surface area contributed by atoms with E-state index in [4.69, 9.17) is 10.5 Å². The number of nitrogens with two attached hydrogens (primary N) is 1. The molecule has 1 aromatic rings. The lowest BCUT2D eigenvalue weighted by Crippen LogP contribution is -2.30. The first-order valence-corrected chi connectivity index (χ1v) is 5.36. The van der Waals surface area contributed by atoms with Gasteiger partial charge in [-0.3, -0.25) is 0 Å². The van der Waals surface area contributed by atoms with Gasteiger partial charge in [-0.25, -0.2) is 0 Å². The van der Waals surface area contributed by atoms with E-state index >= 15 is 0 Å². The van der Waals surface area contributed by atoms with Gasteiger partial charge in [0.15, 0.2) is 0 Å². The Hall–Kier alpha value is -0.870. The maximum absolute atomic E-state index is 5.79. The molecule has 2 N–H and O–H groups in total. The summed E-state index contributed by atoms with van der Waals surface area (Å²) in [4.78, 5) is 6.67. The van der Waals surface area contributed by atoms with Crippen molar-refractivity contribution < 1.29 is 4.74 Å². The number of nitrogens with zero attached hydrogens (tertiary/aromatic N) is 2. The minimum Gasteiger partial charge on any atom is -0.481 e. The number of methoxy groups -OCH3 is 1. The number of halogens is 2. The molecule has 6 heteroatoms. The van der Waals surface area contributed by atoms with Crippen molar-refractivity contribution in [2.24, 2.45) is 0 Å². The minimum absolute atomic E-state index is 0. The highest BCUT2D eigenvalue weighted by Gasteiger charge is 2.13. The molecule has 1 aliphatic rings. The lowest BCUT2D eigenvalue weighted by molar-refractivity contribution is 0.397. The molecule has 0 saturated carbocycles. The van der Waals surface area contributed by atoms with Crippen LogP contribution in [-0.4, -0.2) is 25.2 Å². The first-order chi connectivity index (χ1) is 7.29. The third-order valence-electron chi connectivity index (χ3n) is 2.70. The highest BCUT2D eigenvalue weighted by Crippen LogP contribution is 2.23. The SMILES string of the molecule is COc1cc(N)cc(N2CCCCC2)n1.Cl.Cl. The van der Waals surface area contributed by atoms with E-state index in [1.165, 1.54) is 19.3 Å². The molecule has 0 radical (unpaired) electrons. The van der Waals surface area contributed by atoms with Gasteiger partial charge < -0.3 is 15.4 Å². The van der Waals surface area contributed by atoms with Crippen molar-refractivity contribution in [1.29, 1.82) is 0 Å². The zero-order valence-electron chi connectivity index (χ0n) is 9.89. The standard InChI is InChI=1S/C11H17N3O.2ClH/c1-15-11-8-9(12)7-10(13-11)14-5-3-2-4-6-14;;/h7-8H,2-6H2,1H3,(H2,12,13);2*1H.